The third-order valence-electron chi connectivity index (χ3n) is 4.39. The van der Waals surface area contributed by atoms with Crippen LogP contribution in [0.4, 0.5) is 0 Å². The Labute approximate surface area is 101 Å². The predicted octanol–water partition coefficient (Wildman–Crippen LogP) is 1.84. The van der Waals surface area contributed by atoms with Gasteiger partial charge in [0, 0.05) is 12.6 Å². The molecule has 2 aliphatic carbocycles. The topological polar surface area (TPSA) is 29.9 Å². The second kappa shape index (κ2) is 2.86. The second-order valence-corrected chi connectivity index (χ2v) is 5.91. The van der Waals surface area contributed by atoms with Crippen LogP contribution in [-0.4, -0.2) is 21.9 Å². The molecule has 1 aromatic heterocycles. The average molecular weight is 235 g/mol. The maximum atomic E-state index is 5.28. The molecule has 0 amide bonds. The maximum Gasteiger partial charge on any atom is 0.193 e. The lowest BCUT2D eigenvalue weighted by Gasteiger charge is -2.11. The van der Waals surface area contributed by atoms with Crippen molar-refractivity contribution >= 4 is 17.3 Å². The number of aryl methyl sites for hydroxylation is 1. The summed E-state index contributed by atoms with van der Waals surface area (Å²) < 4.78 is 1.92. The van der Waals surface area contributed by atoms with Gasteiger partial charge in [-0.05, 0) is 42.8 Å². The summed E-state index contributed by atoms with van der Waals surface area (Å²) in [5, 5.41) is 8.28. The molecule has 2 atom stereocenters. The van der Waals surface area contributed by atoms with Crippen LogP contribution in [0.15, 0.2) is 0 Å². The third-order valence-corrected chi connectivity index (χ3v) is 4.76. The minimum Gasteiger partial charge on any atom is -0.364 e. The van der Waals surface area contributed by atoms with Gasteiger partial charge in [0.05, 0.1) is 11.4 Å². The molecular weight excluding hydrogens is 218 g/mol. The Hall–Kier alpha value is -0.900. The Morgan fingerprint density at radius 1 is 1.56 bits per heavy atom. The molecule has 1 aromatic rings. The van der Waals surface area contributed by atoms with E-state index in [2.05, 4.69) is 31.2 Å². The molecule has 1 heterocycles. The number of nitrogens with zero attached hydrogens (tertiary/aromatic N) is 2. The highest BCUT2D eigenvalue weighted by atomic mass is 32.1. The Kier molecular flexibility index (Phi) is 1.83. The van der Waals surface area contributed by atoms with Crippen LogP contribution < -0.4 is 5.32 Å². The molecule has 1 saturated carbocycles. The summed E-state index contributed by atoms with van der Waals surface area (Å²) in [5.74, 6) is 1.53. The first kappa shape index (κ1) is 10.3. The first-order valence-corrected chi connectivity index (χ1v) is 6.19. The van der Waals surface area contributed by atoms with Gasteiger partial charge in [0.1, 0.15) is 0 Å². The molecule has 16 heavy (non-hydrogen) atoms. The van der Waals surface area contributed by atoms with Gasteiger partial charge >= 0.3 is 0 Å². The molecule has 0 aliphatic heterocycles. The SMILES string of the molecule is CNC(=S)n1nc(C)c2c1C[C@H]1[C@H]2C1(C)C. The summed E-state index contributed by atoms with van der Waals surface area (Å²) in [7, 11) is 1.85. The lowest BCUT2D eigenvalue weighted by atomic mass is 9.98. The standard InChI is InChI=1S/C12H17N3S/c1-6-9-8(15(14-6)11(16)13-4)5-7-10(9)12(7,2)3/h7,10H,5H2,1-4H3,(H,13,16)/t7-,10+/m0/s1. The van der Waals surface area contributed by atoms with Crippen LogP contribution in [-0.2, 0) is 6.42 Å². The van der Waals surface area contributed by atoms with Crippen LogP contribution in [0.5, 0.6) is 0 Å². The highest BCUT2D eigenvalue weighted by molar-refractivity contribution is 7.80. The highest BCUT2D eigenvalue weighted by Crippen LogP contribution is 2.70. The smallest absolute Gasteiger partial charge is 0.193 e. The molecule has 0 unspecified atom stereocenters. The maximum absolute atomic E-state index is 5.28. The molecule has 3 nitrogen and oxygen atoms in total. The van der Waals surface area contributed by atoms with E-state index in [-0.39, 0.29) is 0 Å². The molecule has 0 bridgehead atoms. The van der Waals surface area contributed by atoms with Gasteiger partial charge in [-0.2, -0.15) is 5.10 Å². The predicted molar refractivity (Wildman–Crippen MR) is 67.7 cm³/mol. The van der Waals surface area contributed by atoms with E-state index in [4.69, 9.17) is 12.2 Å². The Balaban J connectivity index is 2.08. The first-order chi connectivity index (χ1) is 7.48. The van der Waals surface area contributed by atoms with Gasteiger partial charge in [0.15, 0.2) is 5.11 Å². The van der Waals surface area contributed by atoms with Gasteiger partial charge in [-0.15, -0.1) is 0 Å². The van der Waals surface area contributed by atoms with E-state index in [1.165, 1.54) is 11.3 Å². The van der Waals surface area contributed by atoms with Gasteiger partial charge in [-0.3, -0.25) is 0 Å². The quantitative estimate of drug-likeness (QED) is 0.696. The number of hydrogen-bond acceptors (Lipinski definition) is 2. The minimum atomic E-state index is 0.479. The van der Waals surface area contributed by atoms with E-state index in [1.54, 1.807) is 0 Å². The van der Waals surface area contributed by atoms with Gasteiger partial charge in [0.25, 0.3) is 0 Å². The third kappa shape index (κ3) is 1.03. The molecule has 3 rings (SSSR count). The zero-order valence-electron chi connectivity index (χ0n) is 10.2. The Morgan fingerprint density at radius 2 is 2.25 bits per heavy atom. The number of fused-ring (bicyclic) bond motifs is 3. The lowest BCUT2D eigenvalue weighted by molar-refractivity contribution is 0.534. The van der Waals surface area contributed by atoms with Crippen molar-refractivity contribution in [3.8, 4) is 0 Å². The second-order valence-electron chi connectivity index (χ2n) is 5.52. The molecular formula is C12H17N3S. The zero-order chi connectivity index (χ0) is 11.7. The molecule has 4 heteroatoms. The molecule has 1 fully saturated rings. The van der Waals surface area contributed by atoms with Crippen molar-refractivity contribution in [1.29, 1.82) is 0 Å². The summed E-state index contributed by atoms with van der Waals surface area (Å²) in [6, 6.07) is 0. The van der Waals surface area contributed by atoms with Gasteiger partial charge in [-0.25, -0.2) is 4.68 Å². The normalized spacial score (nSPS) is 28.5. The molecule has 0 radical (unpaired) electrons. The van der Waals surface area contributed by atoms with Crippen molar-refractivity contribution in [2.75, 3.05) is 7.05 Å². The summed E-state index contributed by atoms with van der Waals surface area (Å²) in [4.78, 5) is 0. The van der Waals surface area contributed by atoms with Crippen LogP contribution in [0.1, 0.15) is 36.7 Å². The first-order valence-electron chi connectivity index (χ1n) is 5.79. The molecule has 2 aliphatic rings. The van der Waals surface area contributed by atoms with E-state index < -0.39 is 0 Å². The van der Waals surface area contributed by atoms with Gasteiger partial charge < -0.3 is 5.32 Å². The van der Waals surface area contributed by atoms with Gasteiger partial charge in [0.2, 0.25) is 0 Å². The summed E-state index contributed by atoms with van der Waals surface area (Å²) >= 11 is 5.28. The van der Waals surface area contributed by atoms with Crippen molar-refractivity contribution in [3.05, 3.63) is 17.0 Å². The zero-order valence-corrected chi connectivity index (χ0v) is 11.0. The fraction of sp³-hybridized carbons (Fsp3) is 0.667. The van der Waals surface area contributed by atoms with Crippen molar-refractivity contribution in [3.63, 3.8) is 0 Å². The average Bonchev–Trinajstić information content (AvgIpc) is 2.62. The molecule has 1 N–H and O–H groups in total. The van der Waals surface area contributed by atoms with E-state index in [0.717, 1.165) is 24.0 Å². The largest absolute Gasteiger partial charge is 0.364 e. The fourth-order valence-electron chi connectivity index (χ4n) is 3.37. The van der Waals surface area contributed by atoms with E-state index >= 15 is 0 Å². The van der Waals surface area contributed by atoms with E-state index in [9.17, 15) is 0 Å². The van der Waals surface area contributed by atoms with Crippen LogP contribution in [0, 0.1) is 18.3 Å². The number of nitrogens with one attached hydrogen (secondary N) is 1. The summed E-state index contributed by atoms with van der Waals surface area (Å²) in [6.07, 6.45) is 1.13. The van der Waals surface area contributed by atoms with Gasteiger partial charge in [-0.1, -0.05) is 13.8 Å². The molecule has 86 valence electrons. The minimum absolute atomic E-state index is 0.479. The highest BCUT2D eigenvalue weighted by Gasteiger charge is 2.63. The van der Waals surface area contributed by atoms with Crippen molar-refractivity contribution < 1.29 is 0 Å². The Morgan fingerprint density at radius 3 is 2.88 bits per heavy atom. The van der Waals surface area contributed by atoms with E-state index in [1.807, 2.05) is 11.7 Å². The van der Waals surface area contributed by atoms with Crippen molar-refractivity contribution in [2.24, 2.45) is 11.3 Å². The van der Waals surface area contributed by atoms with Crippen molar-refractivity contribution in [1.82, 2.24) is 15.1 Å². The fourth-order valence-corrected chi connectivity index (χ4v) is 3.52. The van der Waals surface area contributed by atoms with Crippen LogP contribution in [0.2, 0.25) is 0 Å². The molecule has 0 saturated heterocycles. The summed E-state index contributed by atoms with van der Waals surface area (Å²) in [5.41, 5.74) is 4.44. The number of rotatable bonds is 0. The van der Waals surface area contributed by atoms with Crippen LogP contribution >= 0.6 is 12.2 Å². The van der Waals surface area contributed by atoms with Crippen LogP contribution in [0.3, 0.4) is 0 Å². The monoisotopic (exact) mass is 235 g/mol. The van der Waals surface area contributed by atoms with E-state index in [0.29, 0.717) is 10.5 Å². The number of aromatic nitrogens is 2. The lowest BCUT2D eigenvalue weighted by Crippen LogP contribution is -2.27. The number of thiocarbonyl (C=S) groups is 1. The molecule has 0 aromatic carbocycles. The number of hydrogen-bond donors (Lipinski definition) is 1. The Bertz CT molecular complexity index is 487. The van der Waals surface area contributed by atoms with Crippen molar-refractivity contribution in [2.45, 2.75) is 33.1 Å². The molecule has 0 spiro atoms. The van der Waals surface area contributed by atoms with Crippen LogP contribution in [0.25, 0.3) is 0 Å². The summed E-state index contributed by atoms with van der Waals surface area (Å²) in [6.45, 7) is 6.82.